The van der Waals surface area contributed by atoms with Crippen molar-refractivity contribution in [3.8, 4) is 5.75 Å². The van der Waals surface area contributed by atoms with Gasteiger partial charge in [0.25, 0.3) is 0 Å². The normalized spacial score (nSPS) is 12.9. The SMILES string of the molecule is COc1ccc(Br)cc1S(=O)(=O)N[C@@H](C)c1cc(C)c(C)cc1C. The van der Waals surface area contributed by atoms with Gasteiger partial charge in [-0.05, 0) is 68.1 Å². The second kappa shape index (κ2) is 7.25. The number of benzene rings is 2. The van der Waals surface area contributed by atoms with Gasteiger partial charge in [0.1, 0.15) is 10.6 Å². The number of aryl methyl sites for hydroxylation is 3. The Morgan fingerprint density at radius 1 is 1.04 bits per heavy atom. The first kappa shape index (κ1) is 19.0. The molecule has 130 valence electrons. The van der Waals surface area contributed by atoms with Crippen molar-refractivity contribution < 1.29 is 13.2 Å². The van der Waals surface area contributed by atoms with Crippen LogP contribution in [0.2, 0.25) is 0 Å². The van der Waals surface area contributed by atoms with Crippen molar-refractivity contribution in [2.24, 2.45) is 0 Å². The topological polar surface area (TPSA) is 55.4 Å². The third kappa shape index (κ3) is 3.99. The van der Waals surface area contributed by atoms with Crippen LogP contribution in [0, 0.1) is 20.8 Å². The molecule has 2 aromatic carbocycles. The molecule has 0 saturated heterocycles. The zero-order chi connectivity index (χ0) is 18.1. The Labute approximate surface area is 152 Å². The Balaban J connectivity index is 2.39. The van der Waals surface area contributed by atoms with Crippen LogP contribution in [0.4, 0.5) is 0 Å². The van der Waals surface area contributed by atoms with Gasteiger partial charge in [-0.25, -0.2) is 13.1 Å². The summed E-state index contributed by atoms with van der Waals surface area (Å²) in [6.45, 7) is 7.91. The number of ether oxygens (including phenoxy) is 1. The summed E-state index contributed by atoms with van der Waals surface area (Å²) in [5.41, 5.74) is 4.37. The Hall–Kier alpha value is -1.37. The van der Waals surface area contributed by atoms with Gasteiger partial charge >= 0.3 is 0 Å². The van der Waals surface area contributed by atoms with Crippen LogP contribution in [-0.2, 0) is 10.0 Å². The van der Waals surface area contributed by atoms with E-state index in [2.05, 4.69) is 26.7 Å². The molecule has 0 amide bonds. The molecule has 1 N–H and O–H groups in total. The van der Waals surface area contributed by atoms with Crippen molar-refractivity contribution in [2.75, 3.05) is 7.11 Å². The Kier molecular flexibility index (Phi) is 5.73. The summed E-state index contributed by atoms with van der Waals surface area (Å²) >= 11 is 3.31. The van der Waals surface area contributed by atoms with E-state index in [1.54, 1.807) is 18.2 Å². The summed E-state index contributed by atoms with van der Waals surface area (Å²) in [7, 11) is -2.26. The average molecular weight is 412 g/mol. The highest BCUT2D eigenvalue weighted by Gasteiger charge is 2.23. The second-order valence-corrected chi connectivity index (χ2v) is 8.53. The number of methoxy groups -OCH3 is 1. The zero-order valence-corrected chi connectivity index (χ0v) is 16.9. The van der Waals surface area contributed by atoms with Crippen LogP contribution in [0.5, 0.6) is 5.75 Å². The van der Waals surface area contributed by atoms with Crippen molar-refractivity contribution >= 4 is 26.0 Å². The van der Waals surface area contributed by atoms with Gasteiger partial charge in [-0.1, -0.05) is 28.1 Å². The smallest absolute Gasteiger partial charge is 0.244 e. The largest absolute Gasteiger partial charge is 0.495 e. The molecule has 6 heteroatoms. The minimum absolute atomic E-state index is 0.118. The van der Waals surface area contributed by atoms with Crippen LogP contribution < -0.4 is 9.46 Å². The molecule has 0 saturated carbocycles. The van der Waals surface area contributed by atoms with Crippen molar-refractivity contribution in [3.63, 3.8) is 0 Å². The summed E-state index contributed by atoms with van der Waals surface area (Å²) in [5.74, 6) is 0.315. The molecule has 0 spiro atoms. The lowest BCUT2D eigenvalue weighted by Crippen LogP contribution is -2.28. The van der Waals surface area contributed by atoms with Crippen LogP contribution in [0.3, 0.4) is 0 Å². The van der Waals surface area contributed by atoms with Crippen molar-refractivity contribution in [3.05, 3.63) is 57.1 Å². The van der Waals surface area contributed by atoms with Gasteiger partial charge < -0.3 is 4.74 Å². The summed E-state index contributed by atoms with van der Waals surface area (Å²) in [5, 5.41) is 0. The summed E-state index contributed by atoms with van der Waals surface area (Å²) in [6.07, 6.45) is 0. The number of hydrogen-bond acceptors (Lipinski definition) is 3. The quantitative estimate of drug-likeness (QED) is 0.791. The molecule has 0 fully saturated rings. The van der Waals surface area contributed by atoms with Crippen LogP contribution in [0.15, 0.2) is 39.7 Å². The highest BCUT2D eigenvalue weighted by atomic mass is 79.9. The molecule has 0 bridgehead atoms. The maximum Gasteiger partial charge on any atom is 0.244 e. The number of rotatable bonds is 5. The van der Waals surface area contributed by atoms with Crippen LogP contribution in [0.25, 0.3) is 0 Å². The lowest BCUT2D eigenvalue weighted by Gasteiger charge is -2.19. The highest BCUT2D eigenvalue weighted by Crippen LogP contribution is 2.29. The Morgan fingerprint density at radius 3 is 2.29 bits per heavy atom. The molecular formula is C18H22BrNO3S. The minimum atomic E-state index is -3.72. The molecule has 0 aliphatic carbocycles. The molecule has 24 heavy (non-hydrogen) atoms. The van der Waals surface area contributed by atoms with Crippen LogP contribution in [0.1, 0.15) is 35.2 Å². The standard InChI is InChI=1S/C18H22BrNO3S/c1-11-8-13(3)16(9-12(11)2)14(4)20-24(21,22)18-10-15(19)6-7-17(18)23-5/h6-10,14,20H,1-5H3/t14-/m0/s1. The molecule has 2 aromatic rings. The van der Waals surface area contributed by atoms with E-state index in [0.717, 1.165) is 16.7 Å². The predicted molar refractivity (Wildman–Crippen MR) is 100 cm³/mol. The van der Waals surface area contributed by atoms with Crippen molar-refractivity contribution in [1.29, 1.82) is 0 Å². The lowest BCUT2D eigenvalue weighted by atomic mass is 9.97. The molecule has 0 aliphatic heterocycles. The average Bonchev–Trinajstić information content (AvgIpc) is 2.50. The van der Waals surface area contributed by atoms with E-state index >= 15 is 0 Å². The van der Waals surface area contributed by atoms with E-state index < -0.39 is 10.0 Å². The first-order chi connectivity index (χ1) is 11.2. The first-order valence-corrected chi connectivity index (χ1v) is 9.87. The number of nitrogens with one attached hydrogen (secondary N) is 1. The number of halogens is 1. The zero-order valence-electron chi connectivity index (χ0n) is 14.5. The Morgan fingerprint density at radius 2 is 1.67 bits per heavy atom. The third-order valence-electron chi connectivity index (χ3n) is 4.10. The molecule has 0 unspecified atom stereocenters. The molecule has 0 aromatic heterocycles. The molecule has 1 atom stereocenters. The van der Waals surface area contributed by atoms with E-state index in [1.807, 2.05) is 33.8 Å². The summed E-state index contributed by atoms with van der Waals surface area (Å²) in [6, 6.07) is 8.68. The van der Waals surface area contributed by atoms with Crippen molar-refractivity contribution in [2.45, 2.75) is 38.6 Å². The van der Waals surface area contributed by atoms with E-state index in [-0.39, 0.29) is 10.9 Å². The third-order valence-corrected chi connectivity index (χ3v) is 6.15. The highest BCUT2D eigenvalue weighted by molar-refractivity contribution is 9.10. The first-order valence-electron chi connectivity index (χ1n) is 7.59. The lowest BCUT2D eigenvalue weighted by molar-refractivity contribution is 0.402. The van der Waals surface area contributed by atoms with E-state index in [4.69, 9.17) is 4.74 Å². The van der Waals surface area contributed by atoms with Crippen LogP contribution >= 0.6 is 15.9 Å². The van der Waals surface area contributed by atoms with E-state index in [0.29, 0.717) is 10.2 Å². The fourth-order valence-electron chi connectivity index (χ4n) is 2.67. The minimum Gasteiger partial charge on any atom is -0.495 e. The van der Waals surface area contributed by atoms with Gasteiger partial charge in [0.2, 0.25) is 10.0 Å². The molecule has 0 radical (unpaired) electrons. The van der Waals surface area contributed by atoms with Crippen LogP contribution in [-0.4, -0.2) is 15.5 Å². The maximum absolute atomic E-state index is 12.8. The molecular weight excluding hydrogens is 390 g/mol. The van der Waals surface area contributed by atoms with Gasteiger partial charge in [0, 0.05) is 10.5 Å². The maximum atomic E-state index is 12.8. The molecule has 0 heterocycles. The van der Waals surface area contributed by atoms with Gasteiger partial charge in [-0.2, -0.15) is 0 Å². The second-order valence-electron chi connectivity index (χ2n) is 5.93. The van der Waals surface area contributed by atoms with Gasteiger partial charge in [-0.15, -0.1) is 0 Å². The molecule has 2 rings (SSSR count). The fraction of sp³-hybridized carbons (Fsp3) is 0.333. The Bertz CT molecular complexity index is 863. The predicted octanol–water partition coefficient (Wildman–Crippen LogP) is 4.42. The van der Waals surface area contributed by atoms with Gasteiger partial charge in [0.15, 0.2) is 0 Å². The number of sulfonamides is 1. The van der Waals surface area contributed by atoms with E-state index in [9.17, 15) is 8.42 Å². The molecule has 0 aliphatic rings. The summed E-state index contributed by atoms with van der Waals surface area (Å²) in [4.78, 5) is 0.118. The monoisotopic (exact) mass is 411 g/mol. The van der Waals surface area contributed by atoms with Crippen molar-refractivity contribution in [1.82, 2.24) is 4.72 Å². The fourth-order valence-corrected chi connectivity index (χ4v) is 4.60. The van der Waals surface area contributed by atoms with Gasteiger partial charge in [0.05, 0.1) is 7.11 Å². The summed E-state index contributed by atoms with van der Waals surface area (Å²) < 4.78 is 34.2. The molecule has 4 nitrogen and oxygen atoms in total. The van der Waals surface area contributed by atoms with E-state index in [1.165, 1.54) is 12.7 Å². The van der Waals surface area contributed by atoms with Gasteiger partial charge in [-0.3, -0.25) is 0 Å². The number of hydrogen-bond donors (Lipinski definition) is 1.